The molecular formula is C32H27N. The van der Waals surface area contributed by atoms with Crippen molar-refractivity contribution in [2.24, 2.45) is 0 Å². The van der Waals surface area contributed by atoms with Crippen LogP contribution in [0.25, 0.3) is 21.9 Å². The predicted molar refractivity (Wildman–Crippen MR) is 141 cm³/mol. The maximum atomic E-state index is 2.40. The second-order valence-corrected chi connectivity index (χ2v) is 9.61. The summed E-state index contributed by atoms with van der Waals surface area (Å²) in [5.74, 6) is 0. The van der Waals surface area contributed by atoms with Gasteiger partial charge in [0, 0.05) is 22.5 Å². The van der Waals surface area contributed by atoms with E-state index in [0.717, 1.165) is 5.69 Å². The van der Waals surface area contributed by atoms with Crippen molar-refractivity contribution in [2.45, 2.75) is 26.2 Å². The average molecular weight is 426 g/mol. The third-order valence-electron chi connectivity index (χ3n) is 7.08. The molecule has 0 amide bonds. The molecule has 0 spiro atoms. The van der Waals surface area contributed by atoms with Gasteiger partial charge in [0.25, 0.3) is 0 Å². The summed E-state index contributed by atoms with van der Waals surface area (Å²) in [5.41, 5.74) is 10.3. The molecule has 0 unspecified atom stereocenters. The van der Waals surface area contributed by atoms with Gasteiger partial charge in [-0.2, -0.15) is 0 Å². The highest BCUT2D eigenvalue weighted by Crippen LogP contribution is 2.50. The highest BCUT2D eigenvalue weighted by Gasteiger charge is 2.36. The van der Waals surface area contributed by atoms with Gasteiger partial charge in [-0.1, -0.05) is 92.2 Å². The Hall–Kier alpha value is -3.84. The molecule has 0 fully saturated rings. The molecule has 6 rings (SSSR count). The van der Waals surface area contributed by atoms with Crippen LogP contribution in [0, 0.1) is 6.92 Å². The van der Waals surface area contributed by atoms with Gasteiger partial charge in [-0.25, -0.2) is 0 Å². The maximum absolute atomic E-state index is 2.40. The molecule has 160 valence electrons. The summed E-state index contributed by atoms with van der Waals surface area (Å²) in [6.07, 6.45) is 0. The first-order valence-electron chi connectivity index (χ1n) is 11.6. The summed E-state index contributed by atoms with van der Waals surface area (Å²) in [7, 11) is 0. The van der Waals surface area contributed by atoms with Gasteiger partial charge >= 0.3 is 0 Å². The van der Waals surface area contributed by atoms with E-state index < -0.39 is 0 Å². The van der Waals surface area contributed by atoms with Crippen LogP contribution in [-0.2, 0) is 5.41 Å². The van der Waals surface area contributed by atoms with Gasteiger partial charge in [0.1, 0.15) is 0 Å². The van der Waals surface area contributed by atoms with Gasteiger partial charge < -0.3 is 4.90 Å². The van der Waals surface area contributed by atoms with Crippen molar-refractivity contribution >= 4 is 27.8 Å². The molecule has 0 saturated heterocycles. The predicted octanol–water partition coefficient (Wildman–Crippen LogP) is 8.92. The molecule has 0 bridgehead atoms. The summed E-state index contributed by atoms with van der Waals surface area (Å²) in [6.45, 7) is 6.88. The van der Waals surface area contributed by atoms with E-state index in [9.17, 15) is 0 Å². The monoisotopic (exact) mass is 425 g/mol. The minimum atomic E-state index is -0.0293. The molecule has 0 N–H and O–H groups in total. The standard InChI is InChI=1S/C32H27N/c1-22-13-17-28-29-18-16-27(21-31(29)32(2,3)30(28)19-22)33(25-11-5-4-6-12-25)26-15-14-23-9-7-8-10-24(23)20-26/h4-21H,1-3H3. The second-order valence-electron chi connectivity index (χ2n) is 9.61. The number of para-hydroxylation sites is 1. The zero-order valence-corrected chi connectivity index (χ0v) is 19.3. The lowest BCUT2D eigenvalue weighted by molar-refractivity contribution is 0.660. The van der Waals surface area contributed by atoms with Gasteiger partial charge in [0.15, 0.2) is 0 Å². The van der Waals surface area contributed by atoms with Gasteiger partial charge in [0.05, 0.1) is 0 Å². The van der Waals surface area contributed by atoms with Crippen LogP contribution in [-0.4, -0.2) is 0 Å². The van der Waals surface area contributed by atoms with Crippen LogP contribution < -0.4 is 4.90 Å². The van der Waals surface area contributed by atoms with Crippen molar-refractivity contribution in [3.63, 3.8) is 0 Å². The van der Waals surface area contributed by atoms with Crippen molar-refractivity contribution in [3.05, 3.63) is 126 Å². The number of aryl methyl sites for hydroxylation is 1. The van der Waals surface area contributed by atoms with Gasteiger partial charge in [-0.15, -0.1) is 0 Å². The van der Waals surface area contributed by atoms with E-state index in [2.05, 4.69) is 135 Å². The third-order valence-corrected chi connectivity index (χ3v) is 7.08. The molecule has 1 heteroatoms. The molecule has 1 aliphatic rings. The number of fused-ring (bicyclic) bond motifs is 4. The largest absolute Gasteiger partial charge is 0.310 e. The number of nitrogens with zero attached hydrogens (tertiary/aromatic N) is 1. The fourth-order valence-electron chi connectivity index (χ4n) is 5.32. The van der Waals surface area contributed by atoms with Crippen LogP contribution in [0.5, 0.6) is 0 Å². The van der Waals surface area contributed by atoms with Crippen molar-refractivity contribution in [3.8, 4) is 11.1 Å². The Morgan fingerprint density at radius 3 is 1.91 bits per heavy atom. The lowest BCUT2D eigenvalue weighted by atomic mass is 9.82. The topological polar surface area (TPSA) is 3.24 Å². The third kappa shape index (κ3) is 3.15. The first-order chi connectivity index (χ1) is 16.0. The first kappa shape index (κ1) is 19.8. The lowest BCUT2D eigenvalue weighted by Gasteiger charge is -2.28. The van der Waals surface area contributed by atoms with Crippen molar-refractivity contribution < 1.29 is 0 Å². The summed E-state index contributed by atoms with van der Waals surface area (Å²) < 4.78 is 0. The molecule has 0 atom stereocenters. The number of benzene rings is 5. The second kappa shape index (κ2) is 7.35. The van der Waals surface area contributed by atoms with Crippen LogP contribution in [0.1, 0.15) is 30.5 Å². The van der Waals surface area contributed by atoms with E-state index in [0.29, 0.717) is 0 Å². The summed E-state index contributed by atoms with van der Waals surface area (Å²) in [6, 6.07) is 39.8. The van der Waals surface area contributed by atoms with Gasteiger partial charge in [-0.05, 0) is 76.3 Å². The quantitative estimate of drug-likeness (QED) is 0.279. The molecule has 5 aromatic rings. The van der Waals surface area contributed by atoms with Crippen molar-refractivity contribution in [1.29, 1.82) is 0 Å². The number of hydrogen-bond donors (Lipinski definition) is 0. The zero-order chi connectivity index (χ0) is 22.6. The minimum absolute atomic E-state index is 0.0293. The lowest BCUT2D eigenvalue weighted by Crippen LogP contribution is -2.16. The number of hydrogen-bond acceptors (Lipinski definition) is 1. The molecule has 0 saturated carbocycles. The Morgan fingerprint density at radius 2 is 1.12 bits per heavy atom. The van der Waals surface area contributed by atoms with Crippen LogP contribution in [0.4, 0.5) is 17.1 Å². The van der Waals surface area contributed by atoms with Crippen LogP contribution >= 0.6 is 0 Å². The van der Waals surface area contributed by atoms with Crippen LogP contribution in [0.3, 0.4) is 0 Å². The number of anilines is 3. The van der Waals surface area contributed by atoms with Crippen LogP contribution in [0.2, 0.25) is 0 Å². The Bertz CT molecular complexity index is 1490. The Morgan fingerprint density at radius 1 is 0.515 bits per heavy atom. The average Bonchev–Trinajstić information content (AvgIpc) is 3.06. The van der Waals surface area contributed by atoms with E-state index in [-0.39, 0.29) is 5.41 Å². The highest BCUT2D eigenvalue weighted by molar-refractivity contribution is 5.90. The van der Waals surface area contributed by atoms with Crippen molar-refractivity contribution in [1.82, 2.24) is 0 Å². The summed E-state index contributed by atoms with van der Waals surface area (Å²) in [5, 5.41) is 2.51. The molecule has 33 heavy (non-hydrogen) atoms. The Kier molecular flexibility index (Phi) is 4.41. The maximum Gasteiger partial charge on any atom is 0.0468 e. The summed E-state index contributed by atoms with van der Waals surface area (Å²) >= 11 is 0. The summed E-state index contributed by atoms with van der Waals surface area (Å²) in [4.78, 5) is 2.37. The van der Waals surface area contributed by atoms with Gasteiger partial charge in [-0.3, -0.25) is 0 Å². The van der Waals surface area contributed by atoms with E-state index in [1.54, 1.807) is 0 Å². The number of rotatable bonds is 3. The smallest absolute Gasteiger partial charge is 0.0468 e. The highest BCUT2D eigenvalue weighted by atomic mass is 15.1. The fraction of sp³-hybridized carbons (Fsp3) is 0.125. The van der Waals surface area contributed by atoms with E-state index >= 15 is 0 Å². The zero-order valence-electron chi connectivity index (χ0n) is 19.3. The molecule has 0 aliphatic heterocycles. The Labute approximate surface area is 195 Å². The molecule has 1 nitrogen and oxygen atoms in total. The normalized spacial score (nSPS) is 13.5. The van der Waals surface area contributed by atoms with E-state index in [1.807, 2.05) is 0 Å². The van der Waals surface area contributed by atoms with E-state index in [4.69, 9.17) is 0 Å². The van der Waals surface area contributed by atoms with Crippen LogP contribution in [0.15, 0.2) is 109 Å². The molecular weight excluding hydrogens is 398 g/mol. The molecule has 5 aromatic carbocycles. The molecule has 1 aliphatic carbocycles. The van der Waals surface area contributed by atoms with Crippen molar-refractivity contribution in [2.75, 3.05) is 4.90 Å². The molecule has 0 aromatic heterocycles. The molecule has 0 heterocycles. The van der Waals surface area contributed by atoms with Gasteiger partial charge in [0.2, 0.25) is 0 Å². The first-order valence-corrected chi connectivity index (χ1v) is 11.6. The minimum Gasteiger partial charge on any atom is -0.310 e. The fourth-order valence-corrected chi connectivity index (χ4v) is 5.32. The Balaban J connectivity index is 1.55. The SMILES string of the molecule is Cc1ccc2c(c1)C(C)(C)c1cc(N(c3ccccc3)c3ccc4ccccc4c3)ccc1-2. The van der Waals surface area contributed by atoms with E-state index in [1.165, 1.54) is 50.0 Å². The molecule has 0 radical (unpaired) electrons.